The Hall–Kier alpha value is -1.99. The molecule has 27 heavy (non-hydrogen) atoms. The molecular formula is C20H24N4O2S. The molecule has 1 amide bonds. The summed E-state index contributed by atoms with van der Waals surface area (Å²) in [5.74, 6) is 0.997. The number of aromatic nitrogens is 2. The minimum atomic E-state index is -0.243. The van der Waals surface area contributed by atoms with Gasteiger partial charge in [-0.05, 0) is 49.8 Å². The highest BCUT2D eigenvalue weighted by Crippen LogP contribution is 2.46. The van der Waals surface area contributed by atoms with Crippen molar-refractivity contribution in [3.05, 3.63) is 39.8 Å². The summed E-state index contributed by atoms with van der Waals surface area (Å²) in [7, 11) is 0. The molecule has 2 aromatic heterocycles. The SMILES string of the molecule is O=C(c1cc2c(s1)C1(CCN(c3ncccn3)CC1)OCC2)N1CCCC1. The van der Waals surface area contributed by atoms with E-state index in [-0.39, 0.29) is 11.5 Å². The van der Waals surface area contributed by atoms with Crippen LogP contribution in [0.4, 0.5) is 5.95 Å². The van der Waals surface area contributed by atoms with Crippen LogP contribution in [0.1, 0.15) is 45.8 Å². The van der Waals surface area contributed by atoms with Crippen LogP contribution in [0.15, 0.2) is 24.5 Å². The van der Waals surface area contributed by atoms with Gasteiger partial charge in [0, 0.05) is 43.4 Å². The Bertz CT molecular complexity index is 824. The number of anilines is 1. The number of thiophene rings is 1. The zero-order valence-corrected chi connectivity index (χ0v) is 16.2. The fourth-order valence-corrected chi connectivity index (χ4v) is 5.88. The van der Waals surface area contributed by atoms with E-state index in [1.807, 2.05) is 11.0 Å². The van der Waals surface area contributed by atoms with Gasteiger partial charge in [-0.1, -0.05) is 0 Å². The summed E-state index contributed by atoms with van der Waals surface area (Å²) in [4.78, 5) is 28.0. The first-order valence-electron chi connectivity index (χ1n) is 9.84. The first-order chi connectivity index (χ1) is 13.3. The summed E-state index contributed by atoms with van der Waals surface area (Å²) >= 11 is 1.67. The number of hydrogen-bond acceptors (Lipinski definition) is 6. The van der Waals surface area contributed by atoms with Gasteiger partial charge in [0.2, 0.25) is 5.95 Å². The highest BCUT2D eigenvalue weighted by Gasteiger charge is 2.43. The molecule has 2 aromatic rings. The van der Waals surface area contributed by atoms with E-state index in [0.717, 1.165) is 75.7 Å². The van der Waals surface area contributed by atoms with E-state index in [9.17, 15) is 4.79 Å². The van der Waals surface area contributed by atoms with Gasteiger partial charge in [-0.3, -0.25) is 4.79 Å². The number of fused-ring (bicyclic) bond motifs is 2. The Balaban J connectivity index is 1.38. The van der Waals surface area contributed by atoms with E-state index in [0.29, 0.717) is 0 Å². The van der Waals surface area contributed by atoms with Crippen molar-refractivity contribution in [1.82, 2.24) is 14.9 Å². The number of nitrogens with zero attached hydrogens (tertiary/aromatic N) is 4. The maximum atomic E-state index is 12.8. The fraction of sp³-hybridized carbons (Fsp3) is 0.550. The lowest BCUT2D eigenvalue weighted by Gasteiger charge is -2.43. The lowest BCUT2D eigenvalue weighted by atomic mass is 9.85. The molecule has 6 nitrogen and oxygen atoms in total. The van der Waals surface area contributed by atoms with Crippen LogP contribution < -0.4 is 4.90 Å². The first kappa shape index (κ1) is 17.1. The zero-order valence-electron chi connectivity index (χ0n) is 15.4. The number of carbonyl (C=O) groups is 1. The summed E-state index contributed by atoms with van der Waals surface area (Å²) in [5.41, 5.74) is 1.07. The number of ether oxygens (including phenoxy) is 1. The van der Waals surface area contributed by atoms with Gasteiger partial charge in [-0.25, -0.2) is 9.97 Å². The molecule has 2 fully saturated rings. The summed E-state index contributed by atoms with van der Waals surface area (Å²) < 4.78 is 6.35. The predicted octanol–water partition coefficient (Wildman–Crippen LogP) is 2.84. The molecule has 0 radical (unpaired) electrons. The number of likely N-dealkylation sites (tertiary alicyclic amines) is 1. The Kier molecular flexibility index (Phi) is 4.36. The number of carbonyl (C=O) groups excluding carboxylic acids is 1. The molecule has 3 aliphatic heterocycles. The molecule has 142 valence electrons. The second kappa shape index (κ2) is 6.87. The monoisotopic (exact) mass is 384 g/mol. The van der Waals surface area contributed by atoms with Crippen molar-refractivity contribution >= 4 is 23.2 Å². The number of rotatable bonds is 2. The van der Waals surface area contributed by atoms with E-state index >= 15 is 0 Å². The van der Waals surface area contributed by atoms with Gasteiger partial charge in [-0.2, -0.15) is 0 Å². The Morgan fingerprint density at radius 2 is 1.85 bits per heavy atom. The summed E-state index contributed by atoms with van der Waals surface area (Å²) in [6.45, 7) is 4.28. The van der Waals surface area contributed by atoms with E-state index in [4.69, 9.17) is 4.74 Å². The normalized spacial score (nSPS) is 21.5. The molecule has 2 saturated heterocycles. The molecule has 5 rings (SSSR count). The molecule has 0 saturated carbocycles. The third kappa shape index (κ3) is 3.02. The van der Waals surface area contributed by atoms with Crippen molar-refractivity contribution in [2.75, 3.05) is 37.7 Å². The van der Waals surface area contributed by atoms with Crippen LogP contribution in [0.5, 0.6) is 0 Å². The third-order valence-electron chi connectivity index (χ3n) is 5.98. The van der Waals surface area contributed by atoms with Crippen LogP contribution in [0, 0.1) is 0 Å². The van der Waals surface area contributed by atoms with Crippen molar-refractivity contribution in [3.8, 4) is 0 Å². The highest BCUT2D eigenvalue weighted by molar-refractivity contribution is 7.14. The van der Waals surface area contributed by atoms with Gasteiger partial charge >= 0.3 is 0 Å². The summed E-state index contributed by atoms with van der Waals surface area (Å²) in [5, 5.41) is 0. The fourth-order valence-electron chi connectivity index (χ4n) is 4.50. The molecule has 0 N–H and O–H groups in total. The summed E-state index contributed by atoms with van der Waals surface area (Å²) in [6.07, 6.45) is 8.57. The topological polar surface area (TPSA) is 58.6 Å². The number of hydrogen-bond donors (Lipinski definition) is 0. The molecule has 1 spiro atoms. The standard InChI is InChI=1S/C20H24N4O2S/c25-18(23-9-1-2-10-23)16-14-15-4-13-26-20(17(15)27-16)5-11-24(12-6-20)19-21-7-3-8-22-19/h3,7-8,14H,1-2,4-6,9-13H2. The lowest BCUT2D eigenvalue weighted by Crippen LogP contribution is -2.46. The zero-order chi connectivity index (χ0) is 18.3. The minimum Gasteiger partial charge on any atom is -0.369 e. The quantitative estimate of drug-likeness (QED) is 0.797. The van der Waals surface area contributed by atoms with Gasteiger partial charge in [0.25, 0.3) is 5.91 Å². The molecule has 0 unspecified atom stereocenters. The maximum absolute atomic E-state index is 12.8. The molecule has 0 aliphatic carbocycles. The van der Waals surface area contributed by atoms with Crippen molar-refractivity contribution < 1.29 is 9.53 Å². The lowest BCUT2D eigenvalue weighted by molar-refractivity contribution is -0.0736. The largest absolute Gasteiger partial charge is 0.369 e. The van der Waals surface area contributed by atoms with Crippen LogP contribution in [0.25, 0.3) is 0 Å². The van der Waals surface area contributed by atoms with E-state index in [1.165, 1.54) is 10.4 Å². The van der Waals surface area contributed by atoms with Crippen LogP contribution in [0.3, 0.4) is 0 Å². The predicted molar refractivity (Wildman–Crippen MR) is 104 cm³/mol. The summed E-state index contributed by atoms with van der Waals surface area (Å²) in [6, 6.07) is 3.98. The Labute approximate surface area is 163 Å². The number of piperidine rings is 1. The first-order valence-corrected chi connectivity index (χ1v) is 10.7. The van der Waals surface area contributed by atoms with Gasteiger partial charge in [0.15, 0.2) is 0 Å². The molecule has 0 atom stereocenters. The van der Waals surface area contributed by atoms with Crippen LogP contribution in [-0.2, 0) is 16.8 Å². The highest BCUT2D eigenvalue weighted by atomic mass is 32.1. The van der Waals surface area contributed by atoms with Crippen molar-refractivity contribution in [2.45, 2.75) is 37.7 Å². The van der Waals surface area contributed by atoms with Crippen LogP contribution in [-0.4, -0.2) is 53.6 Å². The molecule has 0 aromatic carbocycles. The molecule has 5 heterocycles. The average molecular weight is 385 g/mol. The third-order valence-corrected chi connectivity index (χ3v) is 7.33. The van der Waals surface area contributed by atoms with E-state index in [2.05, 4.69) is 20.9 Å². The Morgan fingerprint density at radius 1 is 1.11 bits per heavy atom. The van der Waals surface area contributed by atoms with Crippen LogP contribution in [0.2, 0.25) is 0 Å². The molecule has 7 heteroatoms. The molecule has 0 bridgehead atoms. The van der Waals surface area contributed by atoms with Gasteiger partial charge < -0.3 is 14.5 Å². The van der Waals surface area contributed by atoms with E-state index in [1.54, 1.807) is 23.7 Å². The Morgan fingerprint density at radius 3 is 2.59 bits per heavy atom. The molecular weight excluding hydrogens is 360 g/mol. The average Bonchev–Trinajstić information content (AvgIpc) is 3.40. The number of amides is 1. The van der Waals surface area contributed by atoms with E-state index < -0.39 is 0 Å². The van der Waals surface area contributed by atoms with Crippen molar-refractivity contribution in [1.29, 1.82) is 0 Å². The van der Waals surface area contributed by atoms with Gasteiger partial charge in [0.05, 0.1) is 11.5 Å². The second-order valence-corrected chi connectivity index (χ2v) is 8.65. The van der Waals surface area contributed by atoms with Gasteiger partial charge in [0.1, 0.15) is 5.60 Å². The van der Waals surface area contributed by atoms with Gasteiger partial charge in [-0.15, -0.1) is 11.3 Å². The smallest absolute Gasteiger partial charge is 0.263 e. The maximum Gasteiger partial charge on any atom is 0.263 e. The van der Waals surface area contributed by atoms with Crippen molar-refractivity contribution in [2.24, 2.45) is 0 Å². The second-order valence-electron chi connectivity index (χ2n) is 7.59. The van der Waals surface area contributed by atoms with Crippen LogP contribution >= 0.6 is 11.3 Å². The van der Waals surface area contributed by atoms with Crippen molar-refractivity contribution in [3.63, 3.8) is 0 Å². The minimum absolute atomic E-state index is 0.206. The molecule has 3 aliphatic rings.